The summed E-state index contributed by atoms with van der Waals surface area (Å²) in [6, 6.07) is 5.40. The zero-order chi connectivity index (χ0) is 15.1. The van der Waals surface area contributed by atoms with E-state index in [1.165, 1.54) is 0 Å². The van der Waals surface area contributed by atoms with Crippen LogP contribution in [0.4, 0.5) is 11.4 Å². The van der Waals surface area contributed by atoms with Gasteiger partial charge in [-0.05, 0) is 31.0 Å². The molecule has 0 bridgehead atoms. The van der Waals surface area contributed by atoms with Crippen LogP contribution in [0.3, 0.4) is 0 Å². The van der Waals surface area contributed by atoms with Crippen molar-refractivity contribution in [1.82, 2.24) is 5.32 Å². The van der Waals surface area contributed by atoms with E-state index in [4.69, 9.17) is 10.5 Å². The number of carbonyl (C=O) groups is 1. The van der Waals surface area contributed by atoms with Crippen LogP contribution in [0, 0.1) is 5.92 Å². The molecule has 0 saturated carbocycles. The second-order valence-electron chi connectivity index (χ2n) is 5.11. The van der Waals surface area contributed by atoms with Gasteiger partial charge in [-0.1, -0.05) is 13.8 Å². The number of hydrogen-bond acceptors (Lipinski definition) is 4. The molecule has 0 aromatic heterocycles. The van der Waals surface area contributed by atoms with Crippen molar-refractivity contribution in [2.24, 2.45) is 5.92 Å². The minimum Gasteiger partial charge on any atom is -0.397 e. The second-order valence-corrected chi connectivity index (χ2v) is 5.11. The van der Waals surface area contributed by atoms with Gasteiger partial charge in [0, 0.05) is 19.2 Å². The molecular weight excluding hydrogens is 254 g/mol. The first-order valence-corrected chi connectivity index (χ1v) is 6.92. The van der Waals surface area contributed by atoms with Crippen molar-refractivity contribution >= 4 is 17.3 Å². The third-order valence-electron chi connectivity index (χ3n) is 3.14. The van der Waals surface area contributed by atoms with Gasteiger partial charge in [-0.25, -0.2) is 0 Å². The normalized spacial score (nSPS) is 12.2. The highest BCUT2D eigenvalue weighted by atomic mass is 16.5. The van der Waals surface area contributed by atoms with Crippen molar-refractivity contribution in [1.29, 1.82) is 0 Å². The highest BCUT2D eigenvalue weighted by molar-refractivity contribution is 5.96. The summed E-state index contributed by atoms with van der Waals surface area (Å²) >= 11 is 0. The quantitative estimate of drug-likeness (QED) is 0.668. The highest BCUT2D eigenvalue weighted by Gasteiger charge is 2.15. The predicted octanol–water partition coefficient (Wildman–Crippen LogP) is 2.10. The lowest BCUT2D eigenvalue weighted by molar-refractivity contribution is 0.0956. The lowest BCUT2D eigenvalue weighted by Crippen LogP contribution is -2.31. The fourth-order valence-electron chi connectivity index (χ4n) is 1.87. The second kappa shape index (κ2) is 7.75. The van der Waals surface area contributed by atoms with Gasteiger partial charge >= 0.3 is 0 Å². The summed E-state index contributed by atoms with van der Waals surface area (Å²) < 4.78 is 5.21. The van der Waals surface area contributed by atoms with E-state index in [1.807, 2.05) is 6.92 Å². The molecule has 1 aromatic rings. The van der Waals surface area contributed by atoms with Crippen molar-refractivity contribution in [3.63, 3.8) is 0 Å². The third-order valence-corrected chi connectivity index (χ3v) is 3.14. The molecule has 0 aliphatic rings. The molecule has 0 spiro atoms. The van der Waals surface area contributed by atoms with Crippen molar-refractivity contribution < 1.29 is 9.53 Å². The number of nitrogens with two attached hydrogens (primary N) is 1. The number of amides is 1. The van der Waals surface area contributed by atoms with Crippen LogP contribution >= 0.6 is 0 Å². The molecule has 1 atom stereocenters. The Bertz CT molecular complexity index is 447. The van der Waals surface area contributed by atoms with Crippen LogP contribution in [0.2, 0.25) is 0 Å². The van der Waals surface area contributed by atoms with E-state index >= 15 is 0 Å². The molecule has 0 aliphatic heterocycles. The first kappa shape index (κ1) is 16.3. The molecule has 0 fully saturated rings. The van der Waals surface area contributed by atoms with Gasteiger partial charge in [0.1, 0.15) is 0 Å². The van der Waals surface area contributed by atoms with Crippen molar-refractivity contribution in [3.05, 3.63) is 23.8 Å². The van der Waals surface area contributed by atoms with Crippen molar-refractivity contribution in [3.8, 4) is 0 Å². The molecule has 0 aliphatic carbocycles. The number of benzene rings is 1. The molecule has 5 heteroatoms. The van der Waals surface area contributed by atoms with E-state index < -0.39 is 0 Å². The SMILES string of the molecule is CCNC(=O)c1ccc(N)c(NC(COC)C(C)C)c1. The number of hydrogen-bond donors (Lipinski definition) is 3. The zero-order valence-electron chi connectivity index (χ0n) is 12.7. The molecule has 112 valence electrons. The summed E-state index contributed by atoms with van der Waals surface area (Å²) in [5, 5.41) is 6.13. The number of nitrogen functional groups attached to an aromatic ring is 1. The van der Waals surface area contributed by atoms with Crippen LogP contribution in [-0.2, 0) is 4.74 Å². The minimum atomic E-state index is -0.0941. The first-order chi connectivity index (χ1) is 9.49. The Morgan fingerprint density at radius 2 is 2.10 bits per heavy atom. The standard InChI is InChI=1S/C15H25N3O2/c1-5-17-15(19)11-6-7-12(16)13(8-11)18-14(9-20-4)10(2)3/h6-8,10,14,18H,5,9,16H2,1-4H3,(H,17,19). The summed E-state index contributed by atoms with van der Waals surface area (Å²) in [6.45, 7) is 7.30. The van der Waals surface area contributed by atoms with Crippen LogP contribution in [-0.4, -0.2) is 32.2 Å². The Labute approximate surface area is 120 Å². The van der Waals surface area contributed by atoms with Gasteiger partial charge in [0.15, 0.2) is 0 Å². The van der Waals surface area contributed by atoms with Crippen LogP contribution in [0.15, 0.2) is 18.2 Å². The maximum absolute atomic E-state index is 11.8. The number of ether oxygens (including phenoxy) is 1. The van der Waals surface area contributed by atoms with E-state index in [9.17, 15) is 4.79 Å². The Hall–Kier alpha value is -1.75. The summed E-state index contributed by atoms with van der Waals surface area (Å²) in [4.78, 5) is 11.8. The molecule has 4 N–H and O–H groups in total. The van der Waals surface area contributed by atoms with Gasteiger partial charge in [-0.15, -0.1) is 0 Å². The largest absolute Gasteiger partial charge is 0.397 e. The molecule has 0 radical (unpaired) electrons. The highest BCUT2D eigenvalue weighted by Crippen LogP contribution is 2.22. The van der Waals surface area contributed by atoms with Gasteiger partial charge < -0.3 is 21.1 Å². The van der Waals surface area contributed by atoms with Crippen LogP contribution < -0.4 is 16.4 Å². The number of nitrogens with one attached hydrogen (secondary N) is 2. The molecule has 1 aromatic carbocycles. The van der Waals surface area contributed by atoms with E-state index in [1.54, 1.807) is 25.3 Å². The Morgan fingerprint density at radius 3 is 2.65 bits per heavy atom. The Morgan fingerprint density at radius 1 is 1.40 bits per heavy atom. The fraction of sp³-hybridized carbons (Fsp3) is 0.533. The smallest absolute Gasteiger partial charge is 0.251 e. The summed E-state index contributed by atoms with van der Waals surface area (Å²) in [7, 11) is 1.67. The average Bonchev–Trinajstić information content (AvgIpc) is 2.40. The van der Waals surface area contributed by atoms with E-state index in [2.05, 4.69) is 24.5 Å². The van der Waals surface area contributed by atoms with Crippen LogP contribution in [0.5, 0.6) is 0 Å². The monoisotopic (exact) mass is 279 g/mol. The fourth-order valence-corrected chi connectivity index (χ4v) is 1.87. The van der Waals surface area contributed by atoms with Gasteiger partial charge in [-0.3, -0.25) is 4.79 Å². The number of carbonyl (C=O) groups excluding carboxylic acids is 1. The maximum atomic E-state index is 11.8. The molecule has 1 unspecified atom stereocenters. The van der Waals surface area contributed by atoms with E-state index in [0.29, 0.717) is 30.3 Å². The molecule has 1 rings (SSSR count). The molecule has 1 amide bonds. The molecule has 5 nitrogen and oxygen atoms in total. The third kappa shape index (κ3) is 4.42. The molecule has 0 heterocycles. The van der Waals surface area contributed by atoms with Gasteiger partial charge in [0.05, 0.1) is 24.0 Å². The average molecular weight is 279 g/mol. The Kier molecular flexibility index (Phi) is 6.31. The number of rotatable bonds is 7. The summed E-state index contributed by atoms with van der Waals surface area (Å²) in [5.41, 5.74) is 7.97. The zero-order valence-corrected chi connectivity index (χ0v) is 12.7. The lowest BCUT2D eigenvalue weighted by Gasteiger charge is -2.24. The lowest BCUT2D eigenvalue weighted by atomic mass is 10.0. The molecule has 20 heavy (non-hydrogen) atoms. The van der Waals surface area contributed by atoms with Crippen molar-refractivity contribution in [2.75, 3.05) is 31.3 Å². The maximum Gasteiger partial charge on any atom is 0.251 e. The first-order valence-electron chi connectivity index (χ1n) is 6.92. The number of anilines is 2. The predicted molar refractivity (Wildman–Crippen MR) is 83.0 cm³/mol. The summed E-state index contributed by atoms with van der Waals surface area (Å²) in [6.07, 6.45) is 0. The van der Waals surface area contributed by atoms with Gasteiger partial charge in [0.25, 0.3) is 5.91 Å². The van der Waals surface area contributed by atoms with E-state index in [0.717, 1.165) is 5.69 Å². The van der Waals surface area contributed by atoms with E-state index in [-0.39, 0.29) is 11.9 Å². The van der Waals surface area contributed by atoms with Crippen molar-refractivity contribution in [2.45, 2.75) is 26.8 Å². The van der Waals surface area contributed by atoms with Crippen LogP contribution in [0.1, 0.15) is 31.1 Å². The Balaban J connectivity index is 2.93. The molecule has 0 saturated heterocycles. The topological polar surface area (TPSA) is 76.4 Å². The van der Waals surface area contributed by atoms with Crippen LogP contribution in [0.25, 0.3) is 0 Å². The minimum absolute atomic E-state index is 0.0941. The number of methoxy groups -OCH3 is 1. The van der Waals surface area contributed by atoms with Gasteiger partial charge in [0.2, 0.25) is 0 Å². The van der Waals surface area contributed by atoms with Gasteiger partial charge in [-0.2, -0.15) is 0 Å². The summed E-state index contributed by atoms with van der Waals surface area (Å²) in [5.74, 6) is 0.297. The molecular formula is C15H25N3O2.